The molecule has 1 amide bonds. The average molecular weight is 402 g/mol. The summed E-state index contributed by atoms with van der Waals surface area (Å²) >= 11 is 0. The Labute approximate surface area is 163 Å². The lowest BCUT2D eigenvalue weighted by Gasteiger charge is -2.11. The highest BCUT2D eigenvalue weighted by Gasteiger charge is 2.15. The summed E-state index contributed by atoms with van der Waals surface area (Å²) in [5.41, 5.74) is 2.87. The number of aromatic nitrogens is 2. The number of hydrogen-bond donors (Lipinski definition) is 2. The van der Waals surface area contributed by atoms with Crippen molar-refractivity contribution in [3.63, 3.8) is 0 Å². The highest BCUT2D eigenvalue weighted by atomic mass is 19.3. The minimum atomic E-state index is -2.98. The molecule has 0 radical (unpaired) electrons. The lowest BCUT2D eigenvalue weighted by Crippen LogP contribution is -2.23. The number of carbonyl (C=O) groups is 1. The molecule has 1 heterocycles. The van der Waals surface area contributed by atoms with Crippen molar-refractivity contribution in [2.75, 3.05) is 7.11 Å². The first kappa shape index (κ1) is 19.9. The fourth-order valence-electron chi connectivity index (χ4n) is 2.63. The van der Waals surface area contributed by atoms with E-state index in [-0.39, 0.29) is 17.2 Å². The van der Waals surface area contributed by atoms with Gasteiger partial charge in [0, 0.05) is 10.9 Å². The fraction of sp³-hybridized carbons (Fsp3) is 0.158. The minimum absolute atomic E-state index is 0.00927. The van der Waals surface area contributed by atoms with Gasteiger partial charge in [-0.3, -0.25) is 9.59 Å². The molecule has 0 aliphatic carbocycles. The van der Waals surface area contributed by atoms with E-state index < -0.39 is 18.1 Å². The number of ether oxygens (including phenoxy) is 2. The Bertz CT molecular complexity index is 1140. The summed E-state index contributed by atoms with van der Waals surface area (Å²) in [6.07, 6.45) is 0. The van der Waals surface area contributed by atoms with E-state index in [4.69, 9.17) is 4.74 Å². The maximum atomic E-state index is 12.5. The summed E-state index contributed by atoms with van der Waals surface area (Å²) in [6.45, 7) is -1.37. The molecule has 0 unspecified atom stereocenters. The zero-order chi connectivity index (χ0) is 21.0. The molecule has 1 aromatic heterocycles. The molecule has 8 nitrogen and oxygen atoms in total. The Morgan fingerprint density at radius 1 is 1.17 bits per heavy atom. The molecule has 3 aromatic rings. The Morgan fingerprint density at radius 2 is 1.90 bits per heavy atom. The molecule has 0 saturated heterocycles. The molecule has 0 aliphatic rings. The van der Waals surface area contributed by atoms with Crippen LogP contribution in [0.3, 0.4) is 0 Å². The Kier molecular flexibility index (Phi) is 5.82. The van der Waals surface area contributed by atoms with Crippen LogP contribution in [0.25, 0.3) is 10.8 Å². The van der Waals surface area contributed by atoms with E-state index in [2.05, 4.69) is 25.5 Å². The molecule has 0 saturated carbocycles. The van der Waals surface area contributed by atoms with Crippen molar-refractivity contribution < 1.29 is 23.0 Å². The molecule has 2 N–H and O–H groups in total. The number of aromatic amines is 1. The summed E-state index contributed by atoms with van der Waals surface area (Å²) in [6, 6.07) is 10.8. The monoisotopic (exact) mass is 402 g/mol. The van der Waals surface area contributed by atoms with Crippen molar-refractivity contribution >= 4 is 22.4 Å². The van der Waals surface area contributed by atoms with Gasteiger partial charge in [0.15, 0.2) is 17.2 Å². The van der Waals surface area contributed by atoms with Crippen LogP contribution in [0.5, 0.6) is 11.5 Å². The van der Waals surface area contributed by atoms with Crippen molar-refractivity contribution in [2.24, 2.45) is 5.10 Å². The van der Waals surface area contributed by atoms with Gasteiger partial charge in [-0.2, -0.15) is 19.0 Å². The van der Waals surface area contributed by atoms with Crippen LogP contribution in [-0.4, -0.2) is 35.5 Å². The van der Waals surface area contributed by atoms with Gasteiger partial charge in [0.2, 0.25) is 0 Å². The largest absolute Gasteiger partial charge is 0.493 e. The number of fused-ring (bicyclic) bond motifs is 1. The van der Waals surface area contributed by atoms with Gasteiger partial charge in [-0.1, -0.05) is 18.2 Å². The number of carbonyl (C=O) groups excluding carboxylic acids is 1. The van der Waals surface area contributed by atoms with Gasteiger partial charge >= 0.3 is 6.61 Å². The number of hydrazone groups is 1. The number of benzene rings is 2. The van der Waals surface area contributed by atoms with Gasteiger partial charge in [0.05, 0.1) is 18.2 Å². The van der Waals surface area contributed by atoms with Crippen LogP contribution in [0, 0.1) is 0 Å². The third-order valence-corrected chi connectivity index (χ3v) is 4.03. The van der Waals surface area contributed by atoms with Gasteiger partial charge < -0.3 is 9.47 Å². The molecule has 3 rings (SSSR count). The summed E-state index contributed by atoms with van der Waals surface area (Å²) in [7, 11) is 1.32. The highest BCUT2D eigenvalue weighted by Crippen LogP contribution is 2.29. The van der Waals surface area contributed by atoms with Crippen LogP contribution in [0.2, 0.25) is 0 Å². The van der Waals surface area contributed by atoms with E-state index >= 15 is 0 Å². The van der Waals surface area contributed by atoms with Gasteiger partial charge in [-0.05, 0) is 31.2 Å². The predicted molar refractivity (Wildman–Crippen MR) is 102 cm³/mol. The molecule has 150 valence electrons. The van der Waals surface area contributed by atoms with Gasteiger partial charge in [-0.15, -0.1) is 0 Å². The number of amides is 1. The number of hydrogen-bond acceptors (Lipinski definition) is 6. The first-order valence-electron chi connectivity index (χ1n) is 8.36. The zero-order valence-electron chi connectivity index (χ0n) is 15.4. The standard InChI is InChI=1S/C19H16F2N4O4/c1-10(11-7-8-14(29-19(20)21)15(9-11)28-2)22-25-18(27)16-12-5-3-4-6-13(12)17(26)24-23-16/h3-9,19H,1-2H3,(H,24,26)(H,25,27)/b22-10-. The molecule has 0 spiro atoms. The molecule has 0 bridgehead atoms. The summed E-state index contributed by atoms with van der Waals surface area (Å²) < 4.78 is 34.3. The van der Waals surface area contributed by atoms with Crippen molar-refractivity contribution in [3.8, 4) is 11.5 Å². The number of H-pyrrole nitrogens is 1. The van der Waals surface area contributed by atoms with Gasteiger partial charge in [-0.25, -0.2) is 10.5 Å². The van der Waals surface area contributed by atoms with E-state index in [0.717, 1.165) is 0 Å². The van der Waals surface area contributed by atoms with Gasteiger partial charge in [0.25, 0.3) is 11.5 Å². The Morgan fingerprint density at radius 3 is 2.59 bits per heavy atom. The number of alkyl halides is 2. The number of nitrogens with zero attached hydrogens (tertiary/aromatic N) is 2. The smallest absolute Gasteiger partial charge is 0.387 e. The number of nitrogens with one attached hydrogen (secondary N) is 2. The maximum absolute atomic E-state index is 12.5. The van der Waals surface area contributed by atoms with Crippen molar-refractivity contribution in [2.45, 2.75) is 13.5 Å². The average Bonchev–Trinajstić information content (AvgIpc) is 2.72. The van der Waals surface area contributed by atoms with Crippen LogP contribution in [-0.2, 0) is 0 Å². The van der Waals surface area contributed by atoms with Crippen LogP contribution in [0.1, 0.15) is 23.0 Å². The van der Waals surface area contributed by atoms with E-state index in [1.807, 2.05) is 0 Å². The maximum Gasteiger partial charge on any atom is 0.387 e. The topological polar surface area (TPSA) is 106 Å². The minimum Gasteiger partial charge on any atom is -0.493 e. The second-order valence-corrected chi connectivity index (χ2v) is 5.83. The molecular weight excluding hydrogens is 386 g/mol. The SMILES string of the molecule is COc1cc(/C(C)=N\NC(=O)c2n[nH]c(=O)c3ccccc23)ccc1OC(F)F. The first-order valence-corrected chi connectivity index (χ1v) is 8.36. The Hall–Kier alpha value is -3.82. The molecular formula is C19H16F2N4O4. The molecule has 29 heavy (non-hydrogen) atoms. The van der Waals surface area contributed by atoms with E-state index in [9.17, 15) is 18.4 Å². The third kappa shape index (κ3) is 4.37. The second kappa shape index (κ2) is 8.46. The van der Waals surface area contributed by atoms with Crippen molar-refractivity contribution in [1.29, 1.82) is 0 Å². The Balaban J connectivity index is 1.84. The molecule has 0 atom stereocenters. The first-order chi connectivity index (χ1) is 13.9. The molecule has 0 fully saturated rings. The van der Waals surface area contributed by atoms with Crippen molar-refractivity contribution in [3.05, 3.63) is 64.1 Å². The van der Waals surface area contributed by atoms with E-state index in [1.54, 1.807) is 31.2 Å². The van der Waals surface area contributed by atoms with Gasteiger partial charge in [0.1, 0.15) is 0 Å². The van der Waals surface area contributed by atoms with Crippen molar-refractivity contribution in [1.82, 2.24) is 15.6 Å². The quantitative estimate of drug-likeness (QED) is 0.487. The van der Waals surface area contributed by atoms with Crippen LogP contribution < -0.4 is 20.5 Å². The lowest BCUT2D eigenvalue weighted by atomic mass is 10.1. The predicted octanol–water partition coefficient (Wildman–Crippen LogP) is 2.69. The zero-order valence-corrected chi connectivity index (χ0v) is 15.4. The summed E-state index contributed by atoms with van der Waals surface area (Å²) in [5, 5.41) is 10.8. The lowest BCUT2D eigenvalue weighted by molar-refractivity contribution is -0.0512. The van der Waals surface area contributed by atoms with Crippen LogP contribution in [0.15, 0.2) is 52.4 Å². The number of rotatable bonds is 6. The summed E-state index contributed by atoms with van der Waals surface area (Å²) in [5.74, 6) is -0.648. The van der Waals surface area contributed by atoms with Crippen LogP contribution in [0.4, 0.5) is 8.78 Å². The third-order valence-electron chi connectivity index (χ3n) is 4.03. The van der Waals surface area contributed by atoms with E-state index in [0.29, 0.717) is 22.0 Å². The molecule has 10 heteroatoms. The number of methoxy groups -OCH3 is 1. The second-order valence-electron chi connectivity index (χ2n) is 5.83. The van der Waals surface area contributed by atoms with E-state index in [1.165, 1.54) is 25.3 Å². The number of halogens is 2. The summed E-state index contributed by atoms with van der Waals surface area (Å²) in [4.78, 5) is 24.3. The highest BCUT2D eigenvalue weighted by molar-refractivity contribution is 6.06. The molecule has 2 aromatic carbocycles. The fourth-order valence-corrected chi connectivity index (χ4v) is 2.63. The van der Waals surface area contributed by atoms with Crippen LogP contribution >= 0.6 is 0 Å². The normalized spacial score (nSPS) is 11.6. The molecule has 0 aliphatic heterocycles.